The number of rotatable bonds is 2. The molecule has 0 fully saturated rings. The van der Waals surface area contributed by atoms with E-state index in [2.05, 4.69) is 92.0 Å². The molecule has 1 rings (SSSR count). The third kappa shape index (κ3) is 2.96. The molecule has 0 bridgehead atoms. The van der Waals surface area contributed by atoms with Crippen molar-refractivity contribution >= 4 is 26.5 Å². The fourth-order valence-electron chi connectivity index (χ4n) is 2.25. The van der Waals surface area contributed by atoms with E-state index in [9.17, 15) is 0 Å². The Bertz CT molecular complexity index is 426. The van der Waals surface area contributed by atoms with Crippen LogP contribution in [0.15, 0.2) is 18.2 Å². The van der Waals surface area contributed by atoms with E-state index in [0.717, 1.165) is 0 Å². The van der Waals surface area contributed by atoms with Crippen LogP contribution in [0.3, 0.4) is 0 Å². The van der Waals surface area contributed by atoms with Crippen LogP contribution >= 0.6 is 0 Å². The van der Waals surface area contributed by atoms with Crippen molar-refractivity contribution in [2.45, 2.75) is 77.8 Å². The van der Waals surface area contributed by atoms with Crippen molar-refractivity contribution in [1.29, 1.82) is 0 Å². The minimum absolute atomic E-state index is 0.363. The quantitative estimate of drug-likeness (QED) is 0.681. The first kappa shape index (κ1) is 17.7. The molecule has 0 saturated carbocycles. The van der Waals surface area contributed by atoms with Gasteiger partial charge in [0, 0.05) is 0 Å². The normalized spacial score (nSPS) is 14.5. The molecular formula is C18H33Si2. The summed E-state index contributed by atoms with van der Waals surface area (Å²) in [7, 11) is -3.05. The number of benzene rings is 1. The second-order valence-corrected chi connectivity index (χ2v) is 19.7. The van der Waals surface area contributed by atoms with Crippen molar-refractivity contribution < 1.29 is 0 Å². The highest BCUT2D eigenvalue weighted by Crippen LogP contribution is 2.38. The highest BCUT2D eigenvalue weighted by Gasteiger charge is 2.44. The van der Waals surface area contributed by atoms with E-state index >= 15 is 0 Å². The van der Waals surface area contributed by atoms with Gasteiger partial charge in [-0.15, -0.1) is 0 Å². The Morgan fingerprint density at radius 1 is 0.800 bits per heavy atom. The first-order valence-electron chi connectivity index (χ1n) is 7.74. The summed E-state index contributed by atoms with van der Waals surface area (Å²) in [4.78, 5) is 0. The number of hydrogen-bond donors (Lipinski definition) is 0. The second-order valence-electron chi connectivity index (χ2n) is 9.21. The smallest absolute Gasteiger partial charge is 0.0651 e. The zero-order valence-electron chi connectivity index (χ0n) is 15.2. The Morgan fingerprint density at radius 2 is 1.25 bits per heavy atom. The average molecular weight is 306 g/mol. The summed E-state index contributed by atoms with van der Waals surface area (Å²) in [5.74, 6) is 0. The van der Waals surface area contributed by atoms with Crippen LogP contribution in [0.4, 0.5) is 0 Å². The van der Waals surface area contributed by atoms with E-state index in [1.54, 1.807) is 10.4 Å². The minimum atomic E-state index is -1.53. The van der Waals surface area contributed by atoms with Crippen molar-refractivity contribution in [1.82, 2.24) is 0 Å². The van der Waals surface area contributed by atoms with Gasteiger partial charge in [-0.1, -0.05) is 96.3 Å². The van der Waals surface area contributed by atoms with E-state index < -0.39 is 16.1 Å². The van der Waals surface area contributed by atoms with Gasteiger partial charge in [0.05, 0.1) is 16.1 Å². The van der Waals surface area contributed by atoms with E-state index in [-0.39, 0.29) is 0 Å². The molecule has 0 aromatic heterocycles. The van der Waals surface area contributed by atoms with Crippen molar-refractivity contribution in [3.63, 3.8) is 0 Å². The Labute approximate surface area is 129 Å². The molecule has 1 aromatic rings. The highest BCUT2D eigenvalue weighted by atomic mass is 28.3. The molecule has 1 radical (unpaired) electrons. The van der Waals surface area contributed by atoms with Crippen LogP contribution in [-0.4, -0.2) is 16.1 Å². The van der Waals surface area contributed by atoms with Crippen LogP contribution in [0, 0.1) is 6.07 Å². The first-order valence-corrected chi connectivity index (χ1v) is 13.7. The number of hydrogen-bond acceptors (Lipinski definition) is 0. The lowest BCUT2D eigenvalue weighted by atomic mass is 10.2. The summed E-state index contributed by atoms with van der Waals surface area (Å²) in [6, 6.07) is 10.4. The Kier molecular flexibility index (Phi) is 4.54. The average Bonchev–Trinajstić information content (AvgIpc) is 2.26. The summed E-state index contributed by atoms with van der Waals surface area (Å²) in [5.41, 5.74) is 0. The Balaban J connectivity index is 3.55. The van der Waals surface area contributed by atoms with E-state index in [4.69, 9.17) is 0 Å². The van der Waals surface area contributed by atoms with Crippen LogP contribution < -0.4 is 10.4 Å². The van der Waals surface area contributed by atoms with Gasteiger partial charge in [-0.2, -0.15) is 0 Å². The van der Waals surface area contributed by atoms with Gasteiger partial charge in [0.15, 0.2) is 0 Å². The molecule has 0 saturated heterocycles. The zero-order valence-corrected chi connectivity index (χ0v) is 17.2. The summed E-state index contributed by atoms with van der Waals surface area (Å²) in [5, 5.41) is 3.94. The molecule has 0 aliphatic heterocycles. The molecule has 0 atom stereocenters. The largest absolute Gasteiger partial charge is 0.0865 e. The summed E-state index contributed by atoms with van der Waals surface area (Å²) >= 11 is 0. The Morgan fingerprint density at radius 3 is 1.65 bits per heavy atom. The SMILES string of the molecule is CC(C)(C)[Si](C)(C)c1[c]cccc1[Si](C)(C)C(C)(C)C. The molecule has 113 valence electrons. The van der Waals surface area contributed by atoms with Crippen molar-refractivity contribution in [2.24, 2.45) is 0 Å². The van der Waals surface area contributed by atoms with Gasteiger partial charge >= 0.3 is 0 Å². The van der Waals surface area contributed by atoms with Crippen molar-refractivity contribution in [3.8, 4) is 0 Å². The van der Waals surface area contributed by atoms with Crippen molar-refractivity contribution in [2.75, 3.05) is 0 Å². The maximum Gasteiger partial charge on any atom is 0.0865 e. The molecule has 0 spiro atoms. The fraction of sp³-hybridized carbons (Fsp3) is 0.667. The fourth-order valence-corrected chi connectivity index (χ4v) is 8.10. The van der Waals surface area contributed by atoms with Crippen LogP contribution in [0.25, 0.3) is 0 Å². The zero-order chi connectivity index (χ0) is 16.0. The van der Waals surface area contributed by atoms with Gasteiger partial charge in [-0.3, -0.25) is 0 Å². The van der Waals surface area contributed by atoms with Crippen LogP contribution in [0.1, 0.15) is 41.5 Å². The maximum absolute atomic E-state index is 3.66. The van der Waals surface area contributed by atoms with E-state index in [1.807, 2.05) is 0 Å². The lowest BCUT2D eigenvalue weighted by Gasteiger charge is -2.44. The molecule has 0 N–H and O–H groups in total. The predicted molar refractivity (Wildman–Crippen MR) is 98.9 cm³/mol. The summed E-state index contributed by atoms with van der Waals surface area (Å²) < 4.78 is 0. The molecule has 0 heterocycles. The molecule has 0 aliphatic rings. The van der Waals surface area contributed by atoms with E-state index in [1.165, 1.54) is 0 Å². The van der Waals surface area contributed by atoms with Crippen LogP contribution in [-0.2, 0) is 0 Å². The van der Waals surface area contributed by atoms with Gasteiger partial charge in [0.1, 0.15) is 0 Å². The van der Waals surface area contributed by atoms with Crippen LogP contribution in [0.2, 0.25) is 36.3 Å². The third-order valence-corrected chi connectivity index (χ3v) is 17.1. The van der Waals surface area contributed by atoms with Gasteiger partial charge in [0.2, 0.25) is 0 Å². The standard InChI is InChI=1S/C18H33Si2/c1-17(2,3)19(7,8)15-13-11-12-14-16(15)20(9,10)18(4,5)6/h11-13H,1-10H3. The third-order valence-electron chi connectivity index (χ3n) is 5.90. The second kappa shape index (κ2) is 5.13. The Hall–Kier alpha value is -0.346. The molecular weight excluding hydrogens is 272 g/mol. The lowest BCUT2D eigenvalue weighted by molar-refractivity contribution is 0.726. The molecule has 20 heavy (non-hydrogen) atoms. The molecule has 0 unspecified atom stereocenters. The monoisotopic (exact) mass is 305 g/mol. The van der Waals surface area contributed by atoms with Crippen molar-refractivity contribution in [3.05, 3.63) is 24.3 Å². The topological polar surface area (TPSA) is 0 Å². The lowest BCUT2D eigenvalue weighted by Crippen LogP contribution is -2.64. The summed E-state index contributed by atoms with van der Waals surface area (Å²) in [6.45, 7) is 24.5. The van der Waals surface area contributed by atoms with Gasteiger partial charge < -0.3 is 0 Å². The van der Waals surface area contributed by atoms with Crippen LogP contribution in [0.5, 0.6) is 0 Å². The molecule has 0 nitrogen and oxygen atoms in total. The first-order chi connectivity index (χ1) is 8.73. The van der Waals surface area contributed by atoms with Gasteiger partial charge in [-0.25, -0.2) is 0 Å². The predicted octanol–water partition coefficient (Wildman–Crippen LogP) is 4.92. The highest BCUT2D eigenvalue weighted by molar-refractivity contribution is 7.01. The van der Waals surface area contributed by atoms with E-state index in [0.29, 0.717) is 10.1 Å². The minimum Gasteiger partial charge on any atom is -0.0651 e. The van der Waals surface area contributed by atoms with Gasteiger partial charge in [0.25, 0.3) is 0 Å². The molecule has 1 aromatic carbocycles. The maximum atomic E-state index is 3.66. The molecule has 0 amide bonds. The molecule has 0 aliphatic carbocycles. The molecule has 2 heteroatoms. The summed E-state index contributed by atoms with van der Waals surface area (Å²) in [6.07, 6.45) is 0. The van der Waals surface area contributed by atoms with Gasteiger partial charge in [-0.05, 0) is 16.1 Å².